The second-order valence-electron chi connectivity index (χ2n) is 10.7. The van der Waals surface area contributed by atoms with E-state index in [1.165, 1.54) is 21.1 Å². The van der Waals surface area contributed by atoms with E-state index in [4.69, 9.17) is 11.6 Å². The summed E-state index contributed by atoms with van der Waals surface area (Å²) in [7, 11) is -4.03. The van der Waals surface area contributed by atoms with Crippen LogP contribution in [-0.4, -0.2) is 80.5 Å². The standard InChI is InChI=1S/C31H31ClFN5O4S/c32-23-6-5-7-24(20-23)34-12-14-36(15-13-34)30(39)22-37-21-29(25-8-1-2-9-26(25)31(37)40)43(41,42)38-18-16-35(17-19-38)28-11-4-3-10-27(28)33/h1-11,20-21H,12-19,22H2. The summed E-state index contributed by atoms with van der Waals surface area (Å²) in [5, 5.41) is 1.18. The predicted molar refractivity (Wildman–Crippen MR) is 166 cm³/mol. The van der Waals surface area contributed by atoms with Crippen molar-refractivity contribution in [3.63, 3.8) is 0 Å². The largest absolute Gasteiger partial charge is 0.368 e. The molecule has 3 aromatic carbocycles. The van der Waals surface area contributed by atoms with Crippen LogP contribution in [0.3, 0.4) is 0 Å². The Labute approximate surface area is 254 Å². The van der Waals surface area contributed by atoms with E-state index in [1.807, 2.05) is 29.2 Å². The van der Waals surface area contributed by atoms with E-state index in [0.717, 1.165) is 5.69 Å². The number of hydrogen-bond acceptors (Lipinski definition) is 6. The number of fused-ring (bicyclic) bond motifs is 1. The number of aromatic nitrogens is 1. The molecule has 12 heteroatoms. The summed E-state index contributed by atoms with van der Waals surface area (Å²) >= 11 is 6.14. The van der Waals surface area contributed by atoms with Crippen LogP contribution in [0, 0.1) is 5.82 Å². The summed E-state index contributed by atoms with van der Waals surface area (Å²) in [5.41, 5.74) is 0.991. The number of hydrogen-bond donors (Lipinski definition) is 0. The van der Waals surface area contributed by atoms with Crippen molar-refractivity contribution in [2.45, 2.75) is 11.4 Å². The molecule has 224 valence electrons. The Kier molecular flexibility index (Phi) is 8.13. The fraction of sp³-hybridized carbons (Fsp3) is 0.290. The van der Waals surface area contributed by atoms with Crippen molar-refractivity contribution >= 4 is 49.7 Å². The summed E-state index contributed by atoms with van der Waals surface area (Å²) in [5.74, 6) is -0.614. The molecule has 1 amide bonds. The van der Waals surface area contributed by atoms with Crippen molar-refractivity contribution in [3.8, 4) is 0 Å². The summed E-state index contributed by atoms with van der Waals surface area (Å²) in [6, 6.07) is 20.5. The lowest BCUT2D eigenvalue weighted by Crippen LogP contribution is -2.50. The Morgan fingerprint density at radius 3 is 2.14 bits per heavy atom. The summed E-state index contributed by atoms with van der Waals surface area (Å²) in [6.45, 7) is 2.81. The van der Waals surface area contributed by atoms with Gasteiger partial charge in [-0.25, -0.2) is 12.8 Å². The highest BCUT2D eigenvalue weighted by Crippen LogP contribution is 2.27. The average Bonchev–Trinajstić information content (AvgIpc) is 3.02. The number of halogens is 2. The molecule has 0 spiro atoms. The van der Waals surface area contributed by atoms with Crippen molar-refractivity contribution in [3.05, 3.63) is 100 Å². The number of para-hydroxylation sites is 1. The third-order valence-electron chi connectivity index (χ3n) is 8.12. The van der Waals surface area contributed by atoms with E-state index in [0.29, 0.717) is 55.4 Å². The third-order valence-corrected chi connectivity index (χ3v) is 10.3. The number of benzene rings is 3. The van der Waals surface area contributed by atoms with Gasteiger partial charge in [0.2, 0.25) is 15.9 Å². The van der Waals surface area contributed by atoms with E-state index < -0.39 is 15.6 Å². The van der Waals surface area contributed by atoms with Gasteiger partial charge in [0.1, 0.15) is 17.3 Å². The van der Waals surface area contributed by atoms with Crippen molar-refractivity contribution in [1.82, 2.24) is 13.8 Å². The van der Waals surface area contributed by atoms with Gasteiger partial charge in [-0.2, -0.15) is 4.31 Å². The van der Waals surface area contributed by atoms with E-state index >= 15 is 0 Å². The topological polar surface area (TPSA) is 86.2 Å². The average molecular weight is 624 g/mol. The van der Waals surface area contributed by atoms with Crippen molar-refractivity contribution in [2.24, 2.45) is 0 Å². The smallest absolute Gasteiger partial charge is 0.258 e. The highest BCUT2D eigenvalue weighted by Gasteiger charge is 2.32. The summed E-state index contributed by atoms with van der Waals surface area (Å²) < 4.78 is 44.8. The number of nitrogens with zero attached hydrogens (tertiary/aromatic N) is 5. The minimum Gasteiger partial charge on any atom is -0.368 e. The Morgan fingerprint density at radius 2 is 1.44 bits per heavy atom. The molecule has 0 saturated carbocycles. The molecule has 0 radical (unpaired) electrons. The molecule has 3 heterocycles. The van der Waals surface area contributed by atoms with Gasteiger partial charge in [-0.15, -0.1) is 0 Å². The van der Waals surface area contributed by atoms with Gasteiger partial charge in [0.15, 0.2) is 0 Å². The van der Waals surface area contributed by atoms with Crippen LogP contribution in [-0.2, 0) is 21.4 Å². The highest BCUT2D eigenvalue weighted by atomic mass is 35.5. The second-order valence-corrected chi connectivity index (χ2v) is 13.0. The number of amides is 1. The van der Waals surface area contributed by atoms with Gasteiger partial charge in [-0.3, -0.25) is 9.59 Å². The maximum Gasteiger partial charge on any atom is 0.258 e. The monoisotopic (exact) mass is 623 g/mol. The molecule has 2 aliphatic heterocycles. The van der Waals surface area contributed by atoms with Crippen LogP contribution in [0.5, 0.6) is 0 Å². The SMILES string of the molecule is O=C(Cn1cc(S(=O)(=O)N2CCN(c3ccccc3F)CC2)c2ccccc2c1=O)N1CCN(c2cccc(Cl)c2)CC1. The fourth-order valence-electron chi connectivity index (χ4n) is 5.78. The first-order valence-corrected chi connectivity index (χ1v) is 15.9. The molecule has 0 bridgehead atoms. The molecule has 6 rings (SSSR count). The van der Waals surface area contributed by atoms with E-state index in [2.05, 4.69) is 4.90 Å². The van der Waals surface area contributed by atoms with Gasteiger partial charge in [0, 0.05) is 80.0 Å². The predicted octanol–water partition coefficient (Wildman–Crippen LogP) is 3.65. The second kappa shape index (κ2) is 12.0. The van der Waals surface area contributed by atoms with Gasteiger partial charge >= 0.3 is 0 Å². The molecular formula is C31H31ClFN5O4S. The minimum atomic E-state index is -4.03. The zero-order chi connectivity index (χ0) is 30.1. The lowest BCUT2D eigenvalue weighted by atomic mass is 10.2. The maximum atomic E-state index is 14.3. The van der Waals surface area contributed by atoms with Crippen molar-refractivity contribution < 1.29 is 17.6 Å². The molecule has 9 nitrogen and oxygen atoms in total. The lowest BCUT2D eigenvalue weighted by Gasteiger charge is -2.36. The third kappa shape index (κ3) is 5.84. The fourth-order valence-corrected chi connectivity index (χ4v) is 7.60. The molecule has 0 N–H and O–H groups in total. The van der Waals surface area contributed by atoms with Crippen LogP contribution in [0.2, 0.25) is 5.02 Å². The first kappa shape index (κ1) is 29.2. The first-order valence-electron chi connectivity index (χ1n) is 14.1. The van der Waals surface area contributed by atoms with Crippen LogP contribution < -0.4 is 15.4 Å². The van der Waals surface area contributed by atoms with Crippen LogP contribution in [0.4, 0.5) is 15.8 Å². The Morgan fingerprint density at radius 1 is 0.791 bits per heavy atom. The highest BCUT2D eigenvalue weighted by molar-refractivity contribution is 7.89. The van der Waals surface area contributed by atoms with Crippen LogP contribution in [0.15, 0.2) is 88.7 Å². The lowest BCUT2D eigenvalue weighted by molar-refractivity contribution is -0.132. The number of sulfonamides is 1. The molecule has 0 aliphatic carbocycles. The number of rotatable bonds is 6. The number of anilines is 2. The molecule has 2 fully saturated rings. The normalized spacial score (nSPS) is 16.6. The van der Waals surface area contributed by atoms with Crippen molar-refractivity contribution in [1.29, 1.82) is 0 Å². The zero-order valence-corrected chi connectivity index (χ0v) is 25.0. The molecule has 2 saturated heterocycles. The number of pyridine rings is 1. The number of piperazine rings is 2. The molecule has 2 aliphatic rings. The van der Waals surface area contributed by atoms with Gasteiger partial charge in [0.05, 0.1) is 5.69 Å². The molecule has 1 aromatic heterocycles. The van der Waals surface area contributed by atoms with E-state index in [9.17, 15) is 22.4 Å². The Hall–Kier alpha value is -3.93. The Bertz CT molecular complexity index is 1830. The zero-order valence-electron chi connectivity index (χ0n) is 23.4. The molecule has 4 aromatic rings. The van der Waals surface area contributed by atoms with Crippen LogP contribution >= 0.6 is 11.6 Å². The first-order chi connectivity index (χ1) is 20.7. The maximum absolute atomic E-state index is 14.3. The Balaban J connectivity index is 1.21. The molecule has 0 unspecified atom stereocenters. The quantitative estimate of drug-likeness (QED) is 0.326. The number of carbonyl (C=O) groups is 1. The van der Waals surface area contributed by atoms with E-state index in [1.54, 1.807) is 47.4 Å². The summed E-state index contributed by atoms with van der Waals surface area (Å²) in [6.07, 6.45) is 1.29. The van der Waals surface area contributed by atoms with Crippen molar-refractivity contribution in [2.75, 3.05) is 62.2 Å². The molecular weight excluding hydrogens is 593 g/mol. The van der Waals surface area contributed by atoms with Crippen LogP contribution in [0.1, 0.15) is 0 Å². The van der Waals surface area contributed by atoms with Gasteiger partial charge < -0.3 is 19.3 Å². The number of carbonyl (C=O) groups excluding carboxylic acids is 1. The van der Waals surface area contributed by atoms with E-state index in [-0.39, 0.29) is 41.6 Å². The summed E-state index contributed by atoms with van der Waals surface area (Å²) in [4.78, 5) is 32.4. The van der Waals surface area contributed by atoms with Gasteiger partial charge in [-0.1, -0.05) is 48.0 Å². The molecule has 43 heavy (non-hydrogen) atoms. The van der Waals surface area contributed by atoms with Crippen LogP contribution in [0.25, 0.3) is 10.8 Å². The van der Waals surface area contributed by atoms with Gasteiger partial charge in [0.25, 0.3) is 5.56 Å². The minimum absolute atomic E-state index is 0.0272. The molecule has 0 atom stereocenters. The van der Waals surface area contributed by atoms with Gasteiger partial charge in [-0.05, 0) is 36.4 Å².